The van der Waals surface area contributed by atoms with E-state index in [4.69, 9.17) is 19.8 Å². The molecule has 27 heteroatoms. The zero-order chi connectivity index (χ0) is 56.5. The minimum Gasteiger partial charge on any atom is -0.494 e. The van der Waals surface area contributed by atoms with Gasteiger partial charge in [-0.3, -0.25) is 9.59 Å². The zero-order valence-electron chi connectivity index (χ0n) is 44.0. The minimum absolute atomic E-state index is 0.110. The van der Waals surface area contributed by atoms with E-state index < -0.39 is 48.4 Å². The molecule has 8 aromatic rings. The Kier molecular flexibility index (Phi) is 14.8. The van der Waals surface area contributed by atoms with Crippen LogP contribution in [0.2, 0.25) is 0 Å². The fourth-order valence-corrected chi connectivity index (χ4v) is 9.11. The van der Waals surface area contributed by atoms with Gasteiger partial charge >= 0.3 is 0 Å². The number of aromatic nitrogens is 12. The number of alkyl halides is 2. The number of rotatable bonds is 18. The second-order valence-corrected chi connectivity index (χ2v) is 20.5. The summed E-state index contributed by atoms with van der Waals surface area (Å²) in [5.41, 5.74) is -0.159. The fraction of sp³-hybridized carbons (Fsp3) is 0.358. The summed E-state index contributed by atoms with van der Waals surface area (Å²) in [7, 11) is 1.53. The van der Waals surface area contributed by atoms with Gasteiger partial charge in [-0.15, -0.1) is 0 Å². The molecule has 0 radical (unpaired) electrons. The van der Waals surface area contributed by atoms with Crippen molar-refractivity contribution >= 4 is 57.2 Å². The van der Waals surface area contributed by atoms with Crippen molar-refractivity contribution in [2.75, 3.05) is 66.8 Å². The molecule has 410 valence electrons. The second-order valence-electron chi connectivity index (χ2n) is 20.5. The predicted octanol–water partition coefficient (Wildman–Crippen LogP) is 4.00. The van der Waals surface area contributed by atoms with Crippen LogP contribution < -0.4 is 35.8 Å². The summed E-state index contributed by atoms with van der Waals surface area (Å²) in [6.45, 7) is 6.37. The molecule has 0 bridgehead atoms. The van der Waals surface area contributed by atoms with Crippen molar-refractivity contribution in [3.05, 3.63) is 102 Å². The molecule has 10 heterocycles. The fourth-order valence-electron chi connectivity index (χ4n) is 9.11. The van der Waals surface area contributed by atoms with Gasteiger partial charge in [-0.2, -0.15) is 30.1 Å². The molecule has 2 fully saturated rings. The first-order valence-corrected chi connectivity index (χ1v) is 25.4. The first-order valence-electron chi connectivity index (χ1n) is 25.4. The van der Waals surface area contributed by atoms with Crippen LogP contribution >= 0.6 is 0 Å². The lowest BCUT2D eigenvalue weighted by Crippen LogP contribution is -2.42. The monoisotopic (exact) mass is 1090 g/mol. The largest absolute Gasteiger partial charge is 0.494 e. The molecule has 2 aliphatic rings. The minimum atomic E-state index is -1.76. The summed E-state index contributed by atoms with van der Waals surface area (Å²) in [4.78, 5) is 67.8. The van der Waals surface area contributed by atoms with Crippen molar-refractivity contribution in [2.24, 2.45) is 0 Å². The SMILES string of the molecule is COc1cnc(N2CCC(Nc3cc(-n4nc(-c5cnc(N6CCC(Nc7cc(-n8ncc9cc(C#N)cnc98)ncc7C(=O)NCC(F)C(C)(C)O)C6)nc5)c5cc(C#N)cnc54)ncc3C(=O)NCC(F)C(C)(C)O)C2)nc1. The van der Waals surface area contributed by atoms with Crippen LogP contribution in [0.15, 0.2) is 80.0 Å². The van der Waals surface area contributed by atoms with Crippen molar-refractivity contribution in [2.45, 2.75) is 76.2 Å². The topological polar surface area (TPSA) is 325 Å². The number of carbonyl (C=O) groups excluding carboxylic acids is 2. The van der Waals surface area contributed by atoms with Crippen molar-refractivity contribution in [1.29, 1.82) is 10.5 Å². The lowest BCUT2D eigenvalue weighted by atomic mass is 10.0. The van der Waals surface area contributed by atoms with Crippen LogP contribution in [0, 0.1) is 22.7 Å². The number of ether oxygens (including phenoxy) is 1. The highest BCUT2D eigenvalue weighted by Gasteiger charge is 2.32. The van der Waals surface area contributed by atoms with Gasteiger partial charge in [-0.25, -0.2) is 48.7 Å². The van der Waals surface area contributed by atoms with Crippen LogP contribution in [-0.2, 0) is 0 Å². The van der Waals surface area contributed by atoms with E-state index in [9.17, 15) is 39.1 Å². The van der Waals surface area contributed by atoms with Gasteiger partial charge in [-0.1, -0.05) is 0 Å². The molecule has 0 aliphatic carbocycles. The highest BCUT2D eigenvalue weighted by molar-refractivity contribution is 6.01. The van der Waals surface area contributed by atoms with E-state index in [-0.39, 0.29) is 34.6 Å². The van der Waals surface area contributed by atoms with E-state index in [0.717, 1.165) is 0 Å². The molecular formula is C53H54F2N20O5. The molecule has 4 atom stereocenters. The third-order valence-electron chi connectivity index (χ3n) is 13.7. The normalized spacial score (nSPS) is 16.3. The number of amides is 2. The molecule has 0 spiro atoms. The lowest BCUT2D eigenvalue weighted by molar-refractivity contribution is -0.00209. The maximum absolute atomic E-state index is 14.9. The Bertz CT molecular complexity index is 3700. The number of fused-ring (bicyclic) bond motifs is 2. The summed E-state index contributed by atoms with van der Waals surface area (Å²) in [5.74, 6) is 0.744. The lowest BCUT2D eigenvalue weighted by Gasteiger charge is -2.23. The number of nitrogens with one attached hydrogen (secondary N) is 4. The number of halogens is 2. The number of pyridine rings is 4. The van der Waals surface area contributed by atoms with Crippen LogP contribution in [-0.4, -0.2) is 163 Å². The maximum atomic E-state index is 14.9. The molecule has 2 saturated heterocycles. The summed E-state index contributed by atoms with van der Waals surface area (Å²) < 4.78 is 37.8. The Morgan fingerprint density at radius 2 is 1.18 bits per heavy atom. The van der Waals surface area contributed by atoms with E-state index in [0.29, 0.717) is 113 Å². The van der Waals surface area contributed by atoms with Crippen molar-refractivity contribution < 1.29 is 33.3 Å². The van der Waals surface area contributed by atoms with E-state index in [1.54, 1.807) is 55.2 Å². The Balaban J connectivity index is 0.908. The maximum Gasteiger partial charge on any atom is 0.255 e. The van der Waals surface area contributed by atoms with Gasteiger partial charge in [0.25, 0.3) is 11.8 Å². The highest BCUT2D eigenvalue weighted by atomic mass is 19.1. The summed E-state index contributed by atoms with van der Waals surface area (Å²) in [5, 5.41) is 62.3. The van der Waals surface area contributed by atoms with Gasteiger partial charge in [0.05, 0.1) is 83.6 Å². The molecule has 0 aromatic carbocycles. The van der Waals surface area contributed by atoms with E-state index in [1.807, 2.05) is 9.80 Å². The Hall–Kier alpha value is -9.60. The van der Waals surface area contributed by atoms with Gasteiger partial charge in [-0.05, 0) is 52.7 Å². The molecular weight excluding hydrogens is 1030 g/mol. The third-order valence-corrected chi connectivity index (χ3v) is 13.7. The summed E-state index contributed by atoms with van der Waals surface area (Å²) >= 11 is 0. The Morgan fingerprint density at radius 3 is 1.69 bits per heavy atom. The number of carbonyl (C=O) groups is 2. The van der Waals surface area contributed by atoms with E-state index in [1.165, 1.54) is 69.0 Å². The highest BCUT2D eigenvalue weighted by Crippen LogP contribution is 2.32. The first kappa shape index (κ1) is 53.8. The Labute approximate surface area is 455 Å². The van der Waals surface area contributed by atoms with Crippen LogP contribution in [0.4, 0.5) is 32.1 Å². The van der Waals surface area contributed by atoms with Crippen LogP contribution in [0.3, 0.4) is 0 Å². The van der Waals surface area contributed by atoms with Crippen molar-refractivity contribution in [3.63, 3.8) is 0 Å². The molecule has 80 heavy (non-hydrogen) atoms. The van der Waals surface area contributed by atoms with E-state index in [2.05, 4.69) is 68.4 Å². The number of hydrogen-bond acceptors (Lipinski definition) is 21. The molecule has 2 aliphatic heterocycles. The van der Waals surface area contributed by atoms with E-state index >= 15 is 0 Å². The second kappa shape index (κ2) is 22.0. The molecule has 2 amide bonds. The zero-order valence-corrected chi connectivity index (χ0v) is 44.0. The van der Waals surface area contributed by atoms with Gasteiger partial charge in [0, 0.05) is 104 Å². The van der Waals surface area contributed by atoms with Gasteiger partial charge in [0.2, 0.25) is 11.9 Å². The van der Waals surface area contributed by atoms with Crippen LogP contribution in [0.25, 0.3) is 45.0 Å². The van der Waals surface area contributed by atoms with Crippen LogP contribution in [0.1, 0.15) is 72.4 Å². The molecule has 8 aromatic heterocycles. The number of methoxy groups -OCH3 is 1. The number of aliphatic hydroxyl groups is 2. The number of hydrogen-bond donors (Lipinski definition) is 6. The molecule has 0 saturated carbocycles. The van der Waals surface area contributed by atoms with Crippen molar-refractivity contribution in [1.82, 2.24) is 70.1 Å². The third kappa shape index (κ3) is 11.4. The molecule has 25 nitrogen and oxygen atoms in total. The smallest absolute Gasteiger partial charge is 0.255 e. The van der Waals surface area contributed by atoms with Crippen LogP contribution in [0.5, 0.6) is 5.75 Å². The first-order chi connectivity index (χ1) is 38.4. The average molecular weight is 1090 g/mol. The quantitative estimate of drug-likeness (QED) is 0.0707. The summed E-state index contributed by atoms with van der Waals surface area (Å²) in [6.07, 6.45) is 11.2. The van der Waals surface area contributed by atoms with Gasteiger partial charge < -0.3 is 46.0 Å². The number of anilines is 4. The number of nitriles is 2. The molecule has 6 N–H and O–H groups in total. The van der Waals surface area contributed by atoms with Gasteiger partial charge in [0.1, 0.15) is 30.2 Å². The molecule has 10 rings (SSSR count). The van der Waals surface area contributed by atoms with Crippen molar-refractivity contribution in [3.8, 4) is 40.8 Å². The predicted molar refractivity (Wildman–Crippen MR) is 288 cm³/mol. The van der Waals surface area contributed by atoms with Gasteiger partial charge in [0.15, 0.2) is 28.7 Å². The standard InChI is InChI=1S/C53H54F2N20O5/c1-52(2,78)41(54)25-62-48(76)37-23-58-43(74-46-31(20-68-74)10-29(14-56)16-60-46)12-39(37)69-33-6-8-72(27-33)50-64-18-32(19-65-50)45-36-11-30(15-57)17-61-47(36)75(71-45)44-13-40(38(24-59-44)49(77)63-26-42(55)53(3,4)79)70-34-7-9-73(28-34)51-66-21-35(80-5)22-67-51/h10-13,16-24,33-34,41-42,78-79H,6-9,25-28H2,1-5H3,(H,58,69)(H,59,70)(H,62,76)(H,63,77). The summed E-state index contributed by atoms with van der Waals surface area (Å²) in [6, 6.07) is 10.3. The molecule has 4 unspecified atom stereocenters. The number of nitrogens with zero attached hydrogens (tertiary/aromatic N) is 16. The average Bonchev–Trinajstić information content (AvgIpc) is 4.36. The Morgan fingerprint density at radius 1 is 0.675 bits per heavy atom.